The molecule has 1 aliphatic carbocycles. The van der Waals surface area contributed by atoms with E-state index in [4.69, 9.17) is 4.98 Å². The highest BCUT2D eigenvalue weighted by molar-refractivity contribution is 6.26. The zero-order valence-corrected chi connectivity index (χ0v) is 38.8. The van der Waals surface area contributed by atoms with Crippen molar-refractivity contribution < 1.29 is 0 Å². The largest absolute Gasteiger partial charge is 0.246 e. The van der Waals surface area contributed by atoms with Gasteiger partial charge >= 0.3 is 0 Å². The Kier molecular flexibility index (Phi) is 9.56. The van der Waals surface area contributed by atoms with E-state index in [1.54, 1.807) is 0 Å². The molecule has 1 aromatic heterocycles. The van der Waals surface area contributed by atoms with Gasteiger partial charge in [-0.2, -0.15) is 0 Å². The SMILES string of the molecule is C1=CC(c2ccccc2)=CC=c2ccc3ccc(-c4cccc5c(-c6ccc(-c7c8ccccc8c(-c8ccc(-c9ccccc9)c9ccccc89)c8ccccc78)c7ccccc67)cccc45)nc3c2=1. The number of hydrogen-bond acceptors (Lipinski definition) is 1. The smallest absolute Gasteiger partial charge is 0.0865 e. The fourth-order valence-corrected chi connectivity index (χ4v) is 11.4. The highest BCUT2D eigenvalue weighted by Crippen LogP contribution is 2.49. The van der Waals surface area contributed by atoms with E-state index in [1.807, 2.05) is 0 Å². The Balaban J connectivity index is 0.929. The van der Waals surface area contributed by atoms with Gasteiger partial charge in [-0.1, -0.05) is 249 Å². The monoisotopic (exact) mass is 897 g/mol. The van der Waals surface area contributed by atoms with E-state index in [0.29, 0.717) is 0 Å². The average molecular weight is 898 g/mol. The van der Waals surface area contributed by atoms with E-state index in [-0.39, 0.29) is 0 Å². The summed E-state index contributed by atoms with van der Waals surface area (Å²) in [5.41, 5.74) is 18.8. The van der Waals surface area contributed by atoms with Crippen LogP contribution in [0.5, 0.6) is 0 Å². The highest BCUT2D eigenvalue weighted by Gasteiger charge is 2.21. The van der Waals surface area contributed by atoms with Gasteiger partial charge in [-0.25, -0.2) is 4.98 Å². The molecular weight excluding hydrogens is 855 g/mol. The van der Waals surface area contributed by atoms with E-state index in [9.17, 15) is 0 Å². The van der Waals surface area contributed by atoms with Gasteiger partial charge in [-0.15, -0.1) is 5.73 Å². The summed E-state index contributed by atoms with van der Waals surface area (Å²) in [6, 6.07) is 88.6. The van der Waals surface area contributed by atoms with Gasteiger partial charge in [0.15, 0.2) is 0 Å². The Morgan fingerprint density at radius 1 is 0.282 bits per heavy atom. The molecule has 1 heterocycles. The molecule has 71 heavy (non-hydrogen) atoms. The number of hydrogen-bond donors (Lipinski definition) is 0. The number of nitrogens with zero attached hydrogens (tertiary/aromatic N) is 1. The first-order valence-electron chi connectivity index (χ1n) is 24.4. The molecule has 1 heteroatoms. The fourth-order valence-electron chi connectivity index (χ4n) is 11.4. The van der Waals surface area contributed by atoms with Gasteiger partial charge in [0.1, 0.15) is 0 Å². The van der Waals surface area contributed by atoms with E-state index in [0.717, 1.165) is 38.2 Å². The van der Waals surface area contributed by atoms with Gasteiger partial charge < -0.3 is 0 Å². The van der Waals surface area contributed by atoms with Crippen LogP contribution in [0.4, 0.5) is 0 Å². The molecule has 1 nitrogen and oxygen atoms in total. The number of fused-ring (bicyclic) bond motifs is 8. The summed E-state index contributed by atoms with van der Waals surface area (Å²) in [4.78, 5) is 5.43. The van der Waals surface area contributed by atoms with E-state index < -0.39 is 0 Å². The minimum Gasteiger partial charge on any atom is -0.246 e. The zero-order chi connectivity index (χ0) is 46.8. The topological polar surface area (TPSA) is 12.9 Å². The Morgan fingerprint density at radius 2 is 0.704 bits per heavy atom. The Hall–Kier alpha value is -9.39. The molecule has 13 aromatic rings. The Labute approximate surface area is 411 Å². The number of rotatable bonds is 6. The molecule has 0 fully saturated rings. The number of pyridine rings is 1. The van der Waals surface area contributed by atoms with E-state index in [1.165, 1.54) is 104 Å². The van der Waals surface area contributed by atoms with Crippen LogP contribution in [0.2, 0.25) is 0 Å². The van der Waals surface area contributed by atoms with Gasteiger partial charge in [0.2, 0.25) is 0 Å². The Bertz CT molecular complexity index is 4480. The molecular formula is C70H43N. The third kappa shape index (κ3) is 6.68. The van der Waals surface area contributed by atoms with Crippen molar-refractivity contribution in [3.63, 3.8) is 0 Å². The van der Waals surface area contributed by atoms with Crippen LogP contribution < -0.4 is 10.4 Å². The summed E-state index contributed by atoms with van der Waals surface area (Å²) in [6.45, 7) is 0. The first kappa shape index (κ1) is 40.7. The van der Waals surface area contributed by atoms with Crippen molar-refractivity contribution in [2.45, 2.75) is 0 Å². The second-order valence-corrected chi connectivity index (χ2v) is 18.6. The summed E-state index contributed by atoms with van der Waals surface area (Å²) in [5.74, 6) is 0. The second-order valence-electron chi connectivity index (χ2n) is 18.6. The van der Waals surface area contributed by atoms with Gasteiger partial charge in [0, 0.05) is 10.9 Å². The van der Waals surface area contributed by atoms with Crippen molar-refractivity contribution in [2.75, 3.05) is 0 Å². The van der Waals surface area contributed by atoms with Crippen molar-refractivity contribution >= 4 is 82.1 Å². The maximum atomic E-state index is 5.43. The Morgan fingerprint density at radius 3 is 1.30 bits per heavy atom. The molecule has 0 unspecified atom stereocenters. The molecule has 0 N–H and O–H groups in total. The fraction of sp³-hybridized carbons (Fsp3) is 0. The average Bonchev–Trinajstić information content (AvgIpc) is 3.68. The molecule has 0 radical (unpaired) electrons. The van der Waals surface area contributed by atoms with E-state index in [2.05, 4.69) is 267 Å². The highest BCUT2D eigenvalue weighted by atomic mass is 14.7. The van der Waals surface area contributed by atoms with Gasteiger partial charge in [-0.05, 0) is 127 Å². The van der Waals surface area contributed by atoms with Crippen LogP contribution >= 0.6 is 0 Å². The van der Waals surface area contributed by atoms with Crippen molar-refractivity contribution in [1.82, 2.24) is 4.98 Å². The van der Waals surface area contributed by atoms with Crippen molar-refractivity contribution in [3.8, 4) is 55.8 Å². The maximum absolute atomic E-state index is 5.43. The minimum absolute atomic E-state index is 0.943. The minimum atomic E-state index is 0.943. The lowest BCUT2D eigenvalue weighted by Crippen LogP contribution is -2.24. The lowest BCUT2D eigenvalue weighted by atomic mass is 9.82. The van der Waals surface area contributed by atoms with Crippen molar-refractivity contribution in [2.24, 2.45) is 0 Å². The predicted octanol–water partition coefficient (Wildman–Crippen LogP) is 17.1. The van der Waals surface area contributed by atoms with Crippen LogP contribution in [0.1, 0.15) is 5.56 Å². The van der Waals surface area contributed by atoms with Crippen LogP contribution in [0.3, 0.4) is 0 Å². The standard InChI is InChI=1S/C70H43N/c1-3-17-45(18-4-1)46-33-34-48-35-36-49-38-44-67(71-70(49)51(48)39-37-46)60-32-16-30-54-55(29-15-31-56(54)60)59-41-43-66(58-24-10-8-22-53(58)59)69-63-27-13-11-25-61(63)68(62-26-12-14-28-64(62)69)65-42-40-50(47-19-5-2-6-20-47)52-21-7-9-23-57(52)65/h1-38,40-44H. The normalized spacial score (nSPS) is 12.3. The molecule has 0 spiro atoms. The quantitative estimate of drug-likeness (QED) is 0.152. The maximum Gasteiger partial charge on any atom is 0.0865 e. The van der Waals surface area contributed by atoms with Crippen molar-refractivity contribution in [3.05, 3.63) is 271 Å². The van der Waals surface area contributed by atoms with Crippen LogP contribution in [0.25, 0.3) is 138 Å². The molecule has 14 rings (SSSR count). The molecule has 0 saturated heterocycles. The summed E-state index contributed by atoms with van der Waals surface area (Å²) in [5, 5.41) is 15.5. The zero-order valence-electron chi connectivity index (χ0n) is 38.8. The van der Waals surface area contributed by atoms with Crippen molar-refractivity contribution in [1.29, 1.82) is 0 Å². The van der Waals surface area contributed by atoms with Crippen LogP contribution in [0, 0.1) is 0 Å². The summed E-state index contributed by atoms with van der Waals surface area (Å²) < 4.78 is 0. The molecule has 0 aliphatic heterocycles. The second kappa shape index (κ2) is 16.7. The molecule has 328 valence electrons. The molecule has 0 atom stereocenters. The summed E-state index contributed by atoms with van der Waals surface area (Å²) in [6.07, 6.45) is 6.47. The molecule has 0 saturated carbocycles. The van der Waals surface area contributed by atoms with Gasteiger partial charge in [0.05, 0.1) is 16.4 Å². The molecule has 12 aromatic carbocycles. The van der Waals surface area contributed by atoms with Crippen LogP contribution in [-0.2, 0) is 0 Å². The van der Waals surface area contributed by atoms with Gasteiger partial charge in [0.25, 0.3) is 0 Å². The molecule has 1 aliphatic rings. The molecule has 0 bridgehead atoms. The van der Waals surface area contributed by atoms with Crippen LogP contribution in [0.15, 0.2) is 255 Å². The number of aromatic nitrogens is 1. The predicted molar refractivity (Wildman–Crippen MR) is 303 cm³/mol. The third-order valence-corrected chi connectivity index (χ3v) is 14.7. The number of benzene rings is 12. The lowest BCUT2D eigenvalue weighted by Gasteiger charge is -2.21. The summed E-state index contributed by atoms with van der Waals surface area (Å²) in [7, 11) is 0. The first-order chi connectivity index (χ1) is 35.2. The number of allylic oxidation sites excluding steroid dienone is 3. The van der Waals surface area contributed by atoms with E-state index >= 15 is 0 Å². The summed E-state index contributed by atoms with van der Waals surface area (Å²) >= 11 is 0. The third-order valence-electron chi connectivity index (χ3n) is 14.7. The van der Waals surface area contributed by atoms with Gasteiger partial charge in [-0.3, -0.25) is 0 Å². The first-order valence-corrected chi connectivity index (χ1v) is 24.4. The van der Waals surface area contributed by atoms with Crippen LogP contribution in [-0.4, -0.2) is 4.98 Å². The lowest BCUT2D eigenvalue weighted by molar-refractivity contribution is 1.38. The molecule has 0 amide bonds.